The first kappa shape index (κ1) is 11.4. The van der Waals surface area contributed by atoms with Crippen LogP contribution in [-0.4, -0.2) is 11.7 Å². The quantitative estimate of drug-likeness (QED) is 0.765. The van der Waals surface area contributed by atoms with Gasteiger partial charge in [-0.25, -0.2) is 0 Å². The Labute approximate surface area is 97.8 Å². The van der Waals surface area contributed by atoms with Crippen molar-refractivity contribution >= 4 is 0 Å². The van der Waals surface area contributed by atoms with E-state index in [4.69, 9.17) is 0 Å². The van der Waals surface area contributed by atoms with E-state index in [1.54, 1.807) is 0 Å². The van der Waals surface area contributed by atoms with Crippen molar-refractivity contribution in [3.8, 4) is 0 Å². The zero-order valence-corrected chi connectivity index (χ0v) is 9.73. The summed E-state index contributed by atoms with van der Waals surface area (Å²) < 4.78 is 0. The molecule has 0 aliphatic heterocycles. The van der Waals surface area contributed by atoms with Crippen LogP contribution in [0.2, 0.25) is 0 Å². The van der Waals surface area contributed by atoms with Gasteiger partial charge in [-0.2, -0.15) is 0 Å². The minimum absolute atomic E-state index is 0.278. The van der Waals surface area contributed by atoms with Crippen molar-refractivity contribution in [1.29, 1.82) is 0 Å². The molecule has 16 heavy (non-hydrogen) atoms. The lowest BCUT2D eigenvalue weighted by Gasteiger charge is -2.21. The summed E-state index contributed by atoms with van der Waals surface area (Å²) in [5.74, 6) is 0.336. The molecule has 0 fully saturated rings. The third kappa shape index (κ3) is 2.96. The molecule has 1 N–H and O–H groups in total. The Morgan fingerprint density at radius 3 is 2.56 bits per heavy atom. The van der Waals surface area contributed by atoms with Crippen LogP contribution in [0, 0.1) is 5.92 Å². The van der Waals surface area contributed by atoms with E-state index in [0.717, 1.165) is 6.42 Å². The lowest BCUT2D eigenvalue weighted by Crippen LogP contribution is -2.14. The number of aliphatic hydroxyl groups excluding tert-OH is 1. The summed E-state index contributed by atoms with van der Waals surface area (Å²) in [5.41, 5.74) is 2.80. The molecule has 0 saturated carbocycles. The molecule has 0 radical (unpaired) electrons. The summed E-state index contributed by atoms with van der Waals surface area (Å²) in [6.45, 7) is 0.278. The Bertz CT molecular complexity index is 340. The molecule has 1 atom stereocenters. The second-order valence-electron chi connectivity index (χ2n) is 4.59. The van der Waals surface area contributed by atoms with Gasteiger partial charge in [0.2, 0.25) is 0 Å². The summed E-state index contributed by atoms with van der Waals surface area (Å²) in [4.78, 5) is 0. The standard InChI is InChI=1S/C15H20O/c16-12-15(14-9-5-2-6-10-14)11-13-7-3-1-4-8-13/h1,3-4,7-9,15-16H,2,5-6,10-12H2/t15-/m1/s1. The second-order valence-corrected chi connectivity index (χ2v) is 4.59. The van der Waals surface area contributed by atoms with E-state index in [2.05, 4.69) is 30.3 Å². The molecule has 0 spiro atoms. The molecule has 0 aromatic heterocycles. The topological polar surface area (TPSA) is 20.2 Å². The smallest absolute Gasteiger partial charge is 0.0499 e. The van der Waals surface area contributed by atoms with Crippen molar-refractivity contribution < 1.29 is 5.11 Å². The maximum Gasteiger partial charge on any atom is 0.0499 e. The van der Waals surface area contributed by atoms with Crippen LogP contribution in [0.5, 0.6) is 0 Å². The van der Waals surface area contributed by atoms with Gasteiger partial charge in [-0.3, -0.25) is 0 Å². The van der Waals surface area contributed by atoms with Crippen molar-refractivity contribution in [2.45, 2.75) is 32.1 Å². The van der Waals surface area contributed by atoms with Crippen molar-refractivity contribution in [3.05, 3.63) is 47.5 Å². The first-order valence-corrected chi connectivity index (χ1v) is 6.24. The highest BCUT2D eigenvalue weighted by molar-refractivity contribution is 5.19. The number of benzene rings is 1. The highest BCUT2D eigenvalue weighted by atomic mass is 16.3. The molecule has 1 aromatic carbocycles. The molecule has 0 amide bonds. The molecule has 1 aliphatic carbocycles. The molecule has 2 rings (SSSR count). The monoisotopic (exact) mass is 216 g/mol. The Balaban J connectivity index is 2.03. The molecule has 0 unspecified atom stereocenters. The fourth-order valence-electron chi connectivity index (χ4n) is 2.45. The van der Waals surface area contributed by atoms with E-state index in [0.29, 0.717) is 5.92 Å². The molecule has 1 nitrogen and oxygen atoms in total. The van der Waals surface area contributed by atoms with Crippen LogP contribution in [0.15, 0.2) is 42.0 Å². The van der Waals surface area contributed by atoms with Gasteiger partial charge >= 0.3 is 0 Å². The van der Waals surface area contributed by atoms with Crippen molar-refractivity contribution in [2.75, 3.05) is 6.61 Å². The van der Waals surface area contributed by atoms with Crippen molar-refractivity contribution in [2.24, 2.45) is 5.92 Å². The largest absolute Gasteiger partial charge is 0.396 e. The molecular formula is C15H20O. The number of aliphatic hydroxyl groups is 1. The Morgan fingerprint density at radius 1 is 1.12 bits per heavy atom. The van der Waals surface area contributed by atoms with Gasteiger partial charge in [0.05, 0.1) is 0 Å². The molecule has 0 bridgehead atoms. The van der Waals surface area contributed by atoms with Gasteiger partial charge in [0.15, 0.2) is 0 Å². The minimum Gasteiger partial charge on any atom is -0.396 e. The summed E-state index contributed by atoms with van der Waals surface area (Å²) in [7, 11) is 0. The molecule has 0 saturated heterocycles. The summed E-state index contributed by atoms with van der Waals surface area (Å²) >= 11 is 0. The second kappa shape index (κ2) is 5.86. The van der Waals surface area contributed by atoms with Gasteiger partial charge in [-0.15, -0.1) is 0 Å². The fourth-order valence-corrected chi connectivity index (χ4v) is 2.45. The molecule has 1 aromatic rings. The van der Waals surface area contributed by atoms with Crippen LogP contribution in [0.25, 0.3) is 0 Å². The zero-order chi connectivity index (χ0) is 11.2. The van der Waals surface area contributed by atoms with Crippen LogP contribution >= 0.6 is 0 Å². The predicted molar refractivity (Wildman–Crippen MR) is 67.3 cm³/mol. The van der Waals surface area contributed by atoms with Crippen LogP contribution in [0.3, 0.4) is 0 Å². The maximum absolute atomic E-state index is 9.50. The third-order valence-corrected chi connectivity index (χ3v) is 3.40. The van der Waals surface area contributed by atoms with Crippen LogP contribution in [0.4, 0.5) is 0 Å². The Morgan fingerprint density at radius 2 is 1.94 bits per heavy atom. The lowest BCUT2D eigenvalue weighted by atomic mass is 9.86. The van der Waals surface area contributed by atoms with Crippen molar-refractivity contribution in [1.82, 2.24) is 0 Å². The first-order chi connectivity index (χ1) is 7.90. The highest BCUT2D eigenvalue weighted by Gasteiger charge is 2.15. The molecule has 1 aliphatic rings. The first-order valence-electron chi connectivity index (χ1n) is 6.24. The highest BCUT2D eigenvalue weighted by Crippen LogP contribution is 2.26. The predicted octanol–water partition coefficient (Wildman–Crippen LogP) is 3.34. The van der Waals surface area contributed by atoms with E-state index in [-0.39, 0.29) is 6.61 Å². The van der Waals surface area contributed by atoms with Gasteiger partial charge in [0, 0.05) is 12.5 Å². The van der Waals surface area contributed by atoms with Gasteiger partial charge in [-0.05, 0) is 37.7 Å². The van der Waals surface area contributed by atoms with Gasteiger partial charge < -0.3 is 5.11 Å². The van der Waals surface area contributed by atoms with Gasteiger partial charge in [-0.1, -0.05) is 42.0 Å². The Hall–Kier alpha value is -1.08. The van der Waals surface area contributed by atoms with Gasteiger partial charge in [0.1, 0.15) is 0 Å². The van der Waals surface area contributed by atoms with Crippen LogP contribution < -0.4 is 0 Å². The lowest BCUT2D eigenvalue weighted by molar-refractivity contribution is 0.241. The van der Waals surface area contributed by atoms with Crippen molar-refractivity contribution in [3.63, 3.8) is 0 Å². The third-order valence-electron chi connectivity index (χ3n) is 3.40. The molecular weight excluding hydrogens is 196 g/mol. The normalized spacial score (nSPS) is 17.9. The van der Waals surface area contributed by atoms with E-state index < -0.39 is 0 Å². The minimum atomic E-state index is 0.278. The Kier molecular flexibility index (Phi) is 4.17. The number of hydrogen-bond acceptors (Lipinski definition) is 1. The van der Waals surface area contributed by atoms with Crippen LogP contribution in [0.1, 0.15) is 31.2 Å². The van der Waals surface area contributed by atoms with E-state index in [1.807, 2.05) is 6.07 Å². The number of rotatable bonds is 4. The van der Waals surface area contributed by atoms with E-state index in [1.165, 1.54) is 36.8 Å². The van der Waals surface area contributed by atoms with E-state index in [9.17, 15) is 5.11 Å². The average Bonchev–Trinajstić information content (AvgIpc) is 2.38. The average molecular weight is 216 g/mol. The van der Waals surface area contributed by atoms with Gasteiger partial charge in [0.25, 0.3) is 0 Å². The molecule has 1 heteroatoms. The molecule has 86 valence electrons. The fraction of sp³-hybridized carbons (Fsp3) is 0.467. The van der Waals surface area contributed by atoms with Crippen LogP contribution in [-0.2, 0) is 6.42 Å². The number of allylic oxidation sites excluding steroid dienone is 1. The summed E-state index contributed by atoms with van der Waals surface area (Å²) in [6.07, 6.45) is 8.29. The van der Waals surface area contributed by atoms with E-state index >= 15 is 0 Å². The SMILES string of the molecule is OC[C@@H](Cc1ccccc1)C1=CCCCC1. The summed E-state index contributed by atoms with van der Waals surface area (Å²) in [5, 5.41) is 9.50. The number of hydrogen-bond donors (Lipinski definition) is 1. The molecule has 0 heterocycles. The zero-order valence-electron chi connectivity index (χ0n) is 9.73. The maximum atomic E-state index is 9.50. The summed E-state index contributed by atoms with van der Waals surface area (Å²) in [6, 6.07) is 10.5.